The summed E-state index contributed by atoms with van der Waals surface area (Å²) in [6.07, 6.45) is 5.87. The molecule has 0 heterocycles. The lowest BCUT2D eigenvalue weighted by Crippen LogP contribution is -2.57. The van der Waals surface area contributed by atoms with Crippen LogP contribution >= 0.6 is 0 Å². The number of amides is 1. The summed E-state index contributed by atoms with van der Waals surface area (Å²) in [6.45, 7) is 6.74. The molecule has 1 aliphatic carbocycles. The molecular weight excluding hydrogens is 390 g/mol. The van der Waals surface area contributed by atoms with Crippen LogP contribution in [0.15, 0.2) is 12.1 Å². The molecule has 0 aromatic heterocycles. The number of methoxy groups -OCH3 is 2. The number of esters is 1. The Bertz CT molecular complexity index is 801. The summed E-state index contributed by atoms with van der Waals surface area (Å²) >= 11 is 0. The Morgan fingerprint density at radius 1 is 1.13 bits per heavy atom. The van der Waals surface area contributed by atoms with E-state index in [2.05, 4.69) is 43.1 Å². The van der Waals surface area contributed by atoms with Gasteiger partial charge in [0, 0.05) is 19.3 Å². The fraction of sp³-hybridized carbons (Fsp3) is 0.615. The molecule has 0 saturated heterocycles. The molecule has 5 nitrogen and oxygen atoms in total. The monoisotopic (exact) mass is 427 g/mol. The van der Waals surface area contributed by atoms with E-state index in [4.69, 9.17) is 9.47 Å². The molecular formula is C26H37NO4. The van der Waals surface area contributed by atoms with Crippen molar-refractivity contribution in [3.05, 3.63) is 34.4 Å². The average Bonchev–Trinajstić information content (AvgIpc) is 2.78. The van der Waals surface area contributed by atoms with Crippen LogP contribution in [-0.2, 0) is 38.3 Å². The minimum absolute atomic E-state index is 0.125. The molecule has 0 aliphatic heterocycles. The molecule has 0 radical (unpaired) electrons. The Morgan fingerprint density at radius 2 is 1.74 bits per heavy atom. The van der Waals surface area contributed by atoms with E-state index < -0.39 is 5.54 Å². The van der Waals surface area contributed by atoms with Gasteiger partial charge in [-0.15, -0.1) is 5.92 Å². The van der Waals surface area contributed by atoms with E-state index in [1.807, 2.05) is 6.92 Å². The highest BCUT2D eigenvalue weighted by Gasteiger charge is 2.44. The molecule has 0 unspecified atom stereocenters. The van der Waals surface area contributed by atoms with Gasteiger partial charge < -0.3 is 14.8 Å². The SMILES string of the molecule is CC#Cc1cc(CC)c(CC(=O)NC2(C(=O)OC)CCC(CCOC)CC2)c(CC)c1. The third kappa shape index (κ3) is 6.33. The fourth-order valence-electron chi connectivity index (χ4n) is 4.66. The average molecular weight is 428 g/mol. The Hall–Kier alpha value is -2.32. The Kier molecular flexibility index (Phi) is 9.58. The van der Waals surface area contributed by atoms with E-state index in [0.717, 1.165) is 61.0 Å². The Balaban J connectivity index is 2.20. The van der Waals surface area contributed by atoms with Crippen LogP contribution in [0.25, 0.3) is 0 Å². The number of hydrogen-bond acceptors (Lipinski definition) is 4. The first kappa shape index (κ1) is 24.9. The van der Waals surface area contributed by atoms with Crippen LogP contribution in [0.5, 0.6) is 0 Å². The zero-order chi connectivity index (χ0) is 22.9. The molecule has 1 aromatic carbocycles. The van der Waals surface area contributed by atoms with Gasteiger partial charge in [0.05, 0.1) is 13.5 Å². The summed E-state index contributed by atoms with van der Waals surface area (Å²) in [7, 11) is 3.10. The fourth-order valence-corrected chi connectivity index (χ4v) is 4.66. The number of carbonyl (C=O) groups is 2. The van der Waals surface area contributed by atoms with E-state index in [-0.39, 0.29) is 18.3 Å². The van der Waals surface area contributed by atoms with E-state index in [9.17, 15) is 9.59 Å². The molecule has 0 spiro atoms. The molecule has 1 aromatic rings. The summed E-state index contributed by atoms with van der Waals surface area (Å²) in [5.41, 5.74) is 3.39. The highest BCUT2D eigenvalue weighted by Crippen LogP contribution is 2.35. The minimum Gasteiger partial charge on any atom is -0.467 e. The van der Waals surface area contributed by atoms with Crippen molar-refractivity contribution < 1.29 is 19.1 Å². The normalized spacial score (nSPS) is 20.5. The molecule has 1 N–H and O–H groups in total. The first-order valence-electron chi connectivity index (χ1n) is 11.4. The molecule has 1 amide bonds. The minimum atomic E-state index is -0.929. The lowest BCUT2D eigenvalue weighted by molar-refractivity contribution is -0.153. The van der Waals surface area contributed by atoms with Crippen LogP contribution < -0.4 is 5.32 Å². The van der Waals surface area contributed by atoms with Crippen LogP contribution in [-0.4, -0.2) is 38.2 Å². The highest BCUT2D eigenvalue weighted by atomic mass is 16.5. The summed E-state index contributed by atoms with van der Waals surface area (Å²) in [5, 5.41) is 3.08. The van der Waals surface area contributed by atoms with Crippen LogP contribution in [0.4, 0.5) is 0 Å². The number of hydrogen-bond donors (Lipinski definition) is 1. The summed E-state index contributed by atoms with van der Waals surface area (Å²) in [4.78, 5) is 25.8. The van der Waals surface area contributed by atoms with Crippen LogP contribution in [0.3, 0.4) is 0 Å². The number of rotatable bonds is 9. The lowest BCUT2D eigenvalue weighted by atomic mass is 9.75. The topological polar surface area (TPSA) is 64.6 Å². The quantitative estimate of drug-likeness (QED) is 0.478. The van der Waals surface area contributed by atoms with E-state index in [0.29, 0.717) is 18.8 Å². The van der Waals surface area contributed by atoms with Crippen molar-refractivity contribution in [1.29, 1.82) is 0 Å². The van der Waals surface area contributed by atoms with Gasteiger partial charge in [0.15, 0.2) is 0 Å². The summed E-state index contributed by atoms with van der Waals surface area (Å²) < 4.78 is 10.3. The predicted octanol–water partition coefficient (Wildman–Crippen LogP) is 3.98. The standard InChI is InChI=1S/C26H37NO4/c1-6-9-20-16-21(7-2)23(22(8-3)17-20)18-24(28)27-26(25(29)31-5)13-10-19(11-14-26)12-15-30-4/h16-17,19H,7-8,10-15,18H2,1-5H3,(H,27,28). The maximum Gasteiger partial charge on any atom is 0.331 e. The molecule has 170 valence electrons. The number of aryl methyl sites for hydroxylation is 2. The number of nitrogens with one attached hydrogen (secondary N) is 1. The van der Waals surface area contributed by atoms with E-state index in [1.165, 1.54) is 7.11 Å². The van der Waals surface area contributed by atoms with Crippen LogP contribution in [0, 0.1) is 17.8 Å². The Labute approximate surface area is 187 Å². The van der Waals surface area contributed by atoms with E-state index >= 15 is 0 Å². The largest absolute Gasteiger partial charge is 0.467 e. The molecule has 0 bridgehead atoms. The van der Waals surface area contributed by atoms with Gasteiger partial charge in [0.1, 0.15) is 5.54 Å². The third-order valence-electron chi connectivity index (χ3n) is 6.45. The molecule has 0 atom stereocenters. The lowest BCUT2D eigenvalue weighted by Gasteiger charge is -2.38. The molecule has 1 aliphatic rings. The summed E-state index contributed by atoms with van der Waals surface area (Å²) in [5.74, 6) is 6.13. The van der Waals surface area contributed by atoms with Gasteiger partial charge in [0.25, 0.3) is 0 Å². The van der Waals surface area contributed by atoms with Crippen LogP contribution in [0.1, 0.15) is 75.1 Å². The van der Waals surface area contributed by atoms with Gasteiger partial charge in [-0.3, -0.25) is 4.79 Å². The number of carbonyl (C=O) groups excluding carboxylic acids is 2. The summed E-state index contributed by atoms with van der Waals surface area (Å²) in [6, 6.07) is 4.16. The molecule has 2 rings (SSSR count). The van der Waals surface area contributed by atoms with Crippen molar-refractivity contribution in [1.82, 2.24) is 5.32 Å². The van der Waals surface area contributed by atoms with Crippen LogP contribution in [0.2, 0.25) is 0 Å². The molecule has 1 saturated carbocycles. The first-order valence-corrected chi connectivity index (χ1v) is 11.4. The Morgan fingerprint density at radius 3 is 2.23 bits per heavy atom. The molecule has 1 fully saturated rings. The van der Waals surface area contributed by atoms with Gasteiger partial charge in [-0.2, -0.15) is 0 Å². The zero-order valence-electron chi connectivity index (χ0n) is 19.7. The number of ether oxygens (including phenoxy) is 2. The maximum absolute atomic E-state index is 13.1. The molecule has 5 heteroatoms. The van der Waals surface area contributed by atoms with Gasteiger partial charge in [-0.1, -0.05) is 19.8 Å². The molecule has 31 heavy (non-hydrogen) atoms. The van der Waals surface area contributed by atoms with Crippen molar-refractivity contribution in [2.24, 2.45) is 5.92 Å². The predicted molar refractivity (Wildman–Crippen MR) is 123 cm³/mol. The van der Waals surface area contributed by atoms with Crippen molar-refractivity contribution >= 4 is 11.9 Å². The van der Waals surface area contributed by atoms with Gasteiger partial charge in [0.2, 0.25) is 5.91 Å². The van der Waals surface area contributed by atoms with Crippen molar-refractivity contribution in [3.8, 4) is 11.8 Å². The van der Waals surface area contributed by atoms with Gasteiger partial charge >= 0.3 is 5.97 Å². The smallest absolute Gasteiger partial charge is 0.331 e. The zero-order valence-corrected chi connectivity index (χ0v) is 19.7. The second-order valence-corrected chi connectivity index (χ2v) is 8.38. The second kappa shape index (κ2) is 11.9. The maximum atomic E-state index is 13.1. The highest BCUT2D eigenvalue weighted by molar-refractivity contribution is 5.89. The van der Waals surface area contributed by atoms with Gasteiger partial charge in [-0.05, 0) is 86.6 Å². The van der Waals surface area contributed by atoms with Crippen molar-refractivity contribution in [3.63, 3.8) is 0 Å². The van der Waals surface area contributed by atoms with Crippen molar-refractivity contribution in [2.45, 2.75) is 77.7 Å². The number of benzene rings is 1. The van der Waals surface area contributed by atoms with E-state index in [1.54, 1.807) is 7.11 Å². The third-order valence-corrected chi connectivity index (χ3v) is 6.45. The first-order chi connectivity index (χ1) is 14.9. The van der Waals surface area contributed by atoms with Gasteiger partial charge in [-0.25, -0.2) is 4.79 Å². The second-order valence-electron chi connectivity index (χ2n) is 8.38. The van der Waals surface area contributed by atoms with Crippen molar-refractivity contribution in [2.75, 3.05) is 20.8 Å².